The second-order valence-corrected chi connectivity index (χ2v) is 6.53. The number of carbonyl (C=O) groups is 1. The lowest BCUT2D eigenvalue weighted by molar-refractivity contribution is 0.0590. The van der Waals surface area contributed by atoms with Crippen LogP contribution in [0.4, 0.5) is 8.78 Å². The number of amides is 1. The van der Waals surface area contributed by atoms with Crippen molar-refractivity contribution in [2.45, 2.75) is 18.9 Å². The zero-order valence-electron chi connectivity index (χ0n) is 12.9. The van der Waals surface area contributed by atoms with E-state index in [1.807, 2.05) is 6.07 Å². The Morgan fingerprint density at radius 2 is 1.92 bits per heavy atom. The Kier molecular flexibility index (Phi) is 3.48. The predicted molar refractivity (Wildman–Crippen MR) is 83.8 cm³/mol. The van der Waals surface area contributed by atoms with Crippen molar-refractivity contribution in [2.75, 3.05) is 13.1 Å². The molecule has 2 aliphatic rings. The lowest BCUT2D eigenvalue weighted by Gasteiger charge is -2.42. The van der Waals surface area contributed by atoms with Gasteiger partial charge in [0.1, 0.15) is 11.6 Å². The molecule has 1 aromatic heterocycles. The highest BCUT2D eigenvalue weighted by Gasteiger charge is 2.36. The molecule has 3 heterocycles. The van der Waals surface area contributed by atoms with Gasteiger partial charge in [0, 0.05) is 43.4 Å². The van der Waals surface area contributed by atoms with E-state index in [0.717, 1.165) is 24.2 Å². The summed E-state index contributed by atoms with van der Waals surface area (Å²) in [7, 11) is 0. The zero-order chi connectivity index (χ0) is 16.8. The summed E-state index contributed by atoms with van der Waals surface area (Å²) < 4.78 is 28.7. The summed E-state index contributed by atoms with van der Waals surface area (Å²) in [5.74, 6) is -1.73. The maximum atomic E-state index is 13.9. The number of piperidine rings is 1. The molecule has 1 aromatic carbocycles. The van der Waals surface area contributed by atoms with Crippen LogP contribution in [0.2, 0.25) is 0 Å². The van der Waals surface area contributed by atoms with Crippen molar-refractivity contribution in [3.8, 4) is 0 Å². The van der Waals surface area contributed by atoms with Gasteiger partial charge in [0.05, 0.1) is 5.56 Å². The molecule has 0 N–H and O–H groups in total. The lowest BCUT2D eigenvalue weighted by atomic mass is 9.83. The van der Waals surface area contributed by atoms with Crippen LogP contribution in [0.5, 0.6) is 0 Å². The number of hydrogen-bond acceptors (Lipinski definition) is 2. The van der Waals surface area contributed by atoms with Crippen LogP contribution in [0.15, 0.2) is 41.2 Å². The summed E-state index contributed by atoms with van der Waals surface area (Å²) in [6.45, 7) is 1.49. The number of aromatic nitrogens is 1. The molecule has 2 bridgehead atoms. The molecule has 1 amide bonds. The van der Waals surface area contributed by atoms with Crippen LogP contribution in [0, 0.1) is 17.6 Å². The highest BCUT2D eigenvalue weighted by molar-refractivity contribution is 5.94. The molecule has 1 saturated heterocycles. The maximum absolute atomic E-state index is 13.9. The van der Waals surface area contributed by atoms with E-state index >= 15 is 0 Å². The standard InChI is InChI=1S/C18H16F2N2O2/c19-13-4-5-14(15(20)7-13)18(24)21-8-11-6-12(10-21)16-2-1-3-17(23)22(16)9-11/h1-5,7,11-12H,6,8-10H2/t11-,12+/m0/s1. The van der Waals surface area contributed by atoms with Crippen molar-refractivity contribution < 1.29 is 13.6 Å². The molecule has 6 heteroatoms. The topological polar surface area (TPSA) is 42.3 Å². The third-order valence-corrected chi connectivity index (χ3v) is 4.93. The smallest absolute Gasteiger partial charge is 0.256 e. The van der Waals surface area contributed by atoms with Crippen LogP contribution in [-0.2, 0) is 6.54 Å². The SMILES string of the molecule is O=C(c1ccc(F)cc1F)N1C[C@@H]2C[C@H](C1)c1cccc(=O)n1C2. The van der Waals surface area contributed by atoms with E-state index in [9.17, 15) is 18.4 Å². The van der Waals surface area contributed by atoms with Crippen LogP contribution < -0.4 is 5.56 Å². The van der Waals surface area contributed by atoms with Crippen molar-refractivity contribution in [2.24, 2.45) is 5.92 Å². The largest absolute Gasteiger partial charge is 0.338 e. The van der Waals surface area contributed by atoms with Gasteiger partial charge in [-0.1, -0.05) is 6.07 Å². The number of hydrogen-bond donors (Lipinski definition) is 0. The normalized spacial score (nSPS) is 22.2. The summed E-state index contributed by atoms with van der Waals surface area (Å²) in [6.07, 6.45) is 0.916. The summed E-state index contributed by atoms with van der Waals surface area (Å²) in [4.78, 5) is 26.3. The van der Waals surface area contributed by atoms with Gasteiger partial charge in [0.15, 0.2) is 0 Å². The van der Waals surface area contributed by atoms with Gasteiger partial charge in [-0.3, -0.25) is 9.59 Å². The van der Waals surface area contributed by atoms with E-state index in [4.69, 9.17) is 0 Å². The van der Waals surface area contributed by atoms with E-state index in [2.05, 4.69) is 0 Å². The first-order valence-corrected chi connectivity index (χ1v) is 7.97. The summed E-state index contributed by atoms with van der Waals surface area (Å²) in [5, 5.41) is 0. The molecule has 4 rings (SSSR count). The Morgan fingerprint density at radius 3 is 2.71 bits per heavy atom. The number of benzene rings is 1. The van der Waals surface area contributed by atoms with Crippen LogP contribution in [0.1, 0.15) is 28.4 Å². The minimum Gasteiger partial charge on any atom is -0.338 e. The molecule has 0 radical (unpaired) electrons. The van der Waals surface area contributed by atoms with Gasteiger partial charge in [-0.2, -0.15) is 0 Å². The van der Waals surface area contributed by atoms with Crippen molar-refractivity contribution in [1.82, 2.24) is 9.47 Å². The molecule has 2 aromatic rings. The Balaban J connectivity index is 1.64. The third-order valence-electron chi connectivity index (χ3n) is 4.93. The van der Waals surface area contributed by atoms with Crippen LogP contribution in [0.25, 0.3) is 0 Å². The molecule has 0 aliphatic carbocycles. The van der Waals surface area contributed by atoms with E-state index in [0.29, 0.717) is 19.6 Å². The van der Waals surface area contributed by atoms with Gasteiger partial charge in [-0.15, -0.1) is 0 Å². The highest BCUT2D eigenvalue weighted by Crippen LogP contribution is 2.35. The van der Waals surface area contributed by atoms with Gasteiger partial charge >= 0.3 is 0 Å². The quantitative estimate of drug-likeness (QED) is 0.806. The van der Waals surface area contributed by atoms with E-state index in [1.165, 1.54) is 6.07 Å². The van der Waals surface area contributed by atoms with Gasteiger partial charge in [-0.25, -0.2) is 8.78 Å². The minimum absolute atomic E-state index is 0.0217. The Bertz CT molecular complexity index is 878. The van der Waals surface area contributed by atoms with Gasteiger partial charge in [0.2, 0.25) is 0 Å². The Morgan fingerprint density at radius 1 is 1.08 bits per heavy atom. The Labute approximate surface area is 137 Å². The molecule has 0 saturated carbocycles. The van der Waals surface area contributed by atoms with Crippen LogP contribution >= 0.6 is 0 Å². The van der Waals surface area contributed by atoms with Gasteiger partial charge in [0.25, 0.3) is 11.5 Å². The highest BCUT2D eigenvalue weighted by atomic mass is 19.1. The lowest BCUT2D eigenvalue weighted by Crippen LogP contribution is -2.49. The summed E-state index contributed by atoms with van der Waals surface area (Å²) >= 11 is 0. The summed E-state index contributed by atoms with van der Waals surface area (Å²) in [6, 6.07) is 8.20. The van der Waals surface area contributed by atoms with E-state index in [1.54, 1.807) is 21.6 Å². The van der Waals surface area contributed by atoms with Crippen LogP contribution in [-0.4, -0.2) is 28.5 Å². The van der Waals surface area contributed by atoms with Crippen LogP contribution in [0.3, 0.4) is 0 Å². The summed E-state index contributed by atoms with van der Waals surface area (Å²) in [5.41, 5.74) is 0.796. The number of nitrogens with zero attached hydrogens (tertiary/aromatic N) is 2. The molecule has 2 aliphatic heterocycles. The second-order valence-electron chi connectivity index (χ2n) is 6.53. The fraction of sp³-hybridized carbons (Fsp3) is 0.333. The first kappa shape index (κ1) is 15.1. The average Bonchev–Trinajstić information content (AvgIpc) is 2.55. The van der Waals surface area contributed by atoms with Crippen molar-refractivity contribution in [1.29, 1.82) is 0 Å². The minimum atomic E-state index is -0.840. The van der Waals surface area contributed by atoms with Gasteiger partial charge < -0.3 is 9.47 Å². The van der Waals surface area contributed by atoms with Crippen molar-refractivity contribution in [3.05, 3.63) is 69.6 Å². The van der Waals surface area contributed by atoms with Crippen molar-refractivity contribution >= 4 is 5.91 Å². The molecule has 124 valence electrons. The Hall–Kier alpha value is -2.50. The number of pyridine rings is 1. The fourth-order valence-electron chi connectivity index (χ4n) is 3.90. The molecule has 1 fully saturated rings. The molecular weight excluding hydrogens is 314 g/mol. The average molecular weight is 330 g/mol. The van der Waals surface area contributed by atoms with Gasteiger partial charge in [-0.05, 0) is 30.5 Å². The van der Waals surface area contributed by atoms with E-state index < -0.39 is 17.5 Å². The molecular formula is C18H16F2N2O2. The second kappa shape index (κ2) is 5.54. The molecule has 2 atom stereocenters. The molecule has 4 nitrogen and oxygen atoms in total. The molecule has 0 spiro atoms. The zero-order valence-corrected chi connectivity index (χ0v) is 12.9. The maximum Gasteiger partial charge on any atom is 0.256 e. The van der Waals surface area contributed by atoms with Crippen molar-refractivity contribution in [3.63, 3.8) is 0 Å². The first-order valence-electron chi connectivity index (χ1n) is 7.97. The number of carbonyl (C=O) groups excluding carboxylic acids is 1. The molecule has 24 heavy (non-hydrogen) atoms. The fourth-order valence-corrected chi connectivity index (χ4v) is 3.90. The predicted octanol–water partition coefficient (Wildman–Crippen LogP) is 2.39. The van der Waals surface area contributed by atoms with E-state index in [-0.39, 0.29) is 23.0 Å². The first-order chi connectivity index (χ1) is 11.5. The number of halogens is 2. The third kappa shape index (κ3) is 2.42. The number of likely N-dealkylation sites (tertiary alicyclic amines) is 1. The monoisotopic (exact) mass is 330 g/mol. The number of rotatable bonds is 1. The molecule has 0 unspecified atom stereocenters. The number of fused-ring (bicyclic) bond motifs is 4.